The van der Waals surface area contributed by atoms with E-state index in [4.69, 9.17) is 9.63 Å². The first kappa shape index (κ1) is 14.5. The van der Waals surface area contributed by atoms with Crippen LogP contribution in [-0.4, -0.2) is 58.8 Å². The van der Waals surface area contributed by atoms with Crippen molar-refractivity contribution in [1.82, 2.24) is 15.0 Å². The lowest BCUT2D eigenvalue weighted by molar-refractivity contribution is -0.128. The van der Waals surface area contributed by atoms with Gasteiger partial charge in [-0.1, -0.05) is 5.16 Å². The number of β-amino-alcohol motifs (C(OH)–C–C–N with tert-alkyl or cyclic N) is 1. The maximum absolute atomic E-state index is 12.4. The summed E-state index contributed by atoms with van der Waals surface area (Å²) in [6, 6.07) is 0. The molecule has 0 aromatic carbocycles. The summed E-state index contributed by atoms with van der Waals surface area (Å²) in [7, 11) is 0. The van der Waals surface area contributed by atoms with Crippen LogP contribution in [0.2, 0.25) is 0 Å². The number of carbonyl (C=O) groups is 1. The largest absolute Gasteiger partial charge is 0.395 e. The SMILES string of the molecule is Cc1noc(C)c1CN1C[C@@]2(CCN(CCO)C2)CC1=O. The number of aliphatic hydroxyl groups excluding tert-OH is 1. The van der Waals surface area contributed by atoms with Crippen LogP contribution in [0.25, 0.3) is 0 Å². The minimum atomic E-state index is 0.0746. The van der Waals surface area contributed by atoms with E-state index in [9.17, 15) is 4.79 Å². The third-order valence-electron chi connectivity index (χ3n) is 4.87. The van der Waals surface area contributed by atoms with Gasteiger partial charge >= 0.3 is 0 Å². The van der Waals surface area contributed by atoms with Crippen molar-refractivity contribution in [2.24, 2.45) is 5.41 Å². The Bertz CT molecular complexity index is 523. The van der Waals surface area contributed by atoms with Crippen molar-refractivity contribution in [2.75, 3.05) is 32.8 Å². The molecule has 1 amide bonds. The summed E-state index contributed by atoms with van der Waals surface area (Å²) in [6.45, 7) is 8.00. The minimum Gasteiger partial charge on any atom is -0.395 e. The fourth-order valence-electron chi connectivity index (χ4n) is 3.68. The lowest BCUT2D eigenvalue weighted by atomic mass is 9.86. The highest BCUT2D eigenvalue weighted by molar-refractivity contribution is 5.79. The van der Waals surface area contributed by atoms with Crippen LogP contribution < -0.4 is 0 Å². The molecule has 0 bridgehead atoms. The normalized spacial score (nSPS) is 26.4. The van der Waals surface area contributed by atoms with E-state index >= 15 is 0 Å². The molecule has 2 fully saturated rings. The van der Waals surface area contributed by atoms with Crippen molar-refractivity contribution in [3.8, 4) is 0 Å². The zero-order valence-corrected chi connectivity index (χ0v) is 12.8. The number of hydrogen-bond acceptors (Lipinski definition) is 5. The predicted molar refractivity (Wildman–Crippen MR) is 76.6 cm³/mol. The maximum atomic E-state index is 12.4. The van der Waals surface area contributed by atoms with Gasteiger partial charge in [-0.15, -0.1) is 0 Å². The van der Waals surface area contributed by atoms with Crippen molar-refractivity contribution in [3.05, 3.63) is 17.0 Å². The number of amides is 1. The molecule has 1 aromatic heterocycles. The van der Waals surface area contributed by atoms with E-state index in [2.05, 4.69) is 10.1 Å². The summed E-state index contributed by atoms with van der Waals surface area (Å²) in [5.74, 6) is 1.02. The fourth-order valence-corrected chi connectivity index (χ4v) is 3.68. The molecule has 21 heavy (non-hydrogen) atoms. The summed E-state index contributed by atoms with van der Waals surface area (Å²) in [6.07, 6.45) is 1.66. The molecule has 1 spiro atoms. The van der Waals surface area contributed by atoms with Gasteiger partial charge in [0.25, 0.3) is 0 Å². The zero-order valence-electron chi connectivity index (χ0n) is 12.8. The van der Waals surface area contributed by atoms with Gasteiger partial charge in [0.2, 0.25) is 5.91 Å². The van der Waals surface area contributed by atoms with Crippen LogP contribution in [0.5, 0.6) is 0 Å². The molecule has 2 aliphatic rings. The third kappa shape index (κ3) is 2.70. The van der Waals surface area contributed by atoms with Crippen LogP contribution in [0.1, 0.15) is 29.9 Å². The van der Waals surface area contributed by atoms with E-state index in [1.54, 1.807) is 0 Å². The Hall–Kier alpha value is -1.40. The zero-order chi connectivity index (χ0) is 15.0. The van der Waals surface area contributed by atoms with Gasteiger partial charge < -0.3 is 19.4 Å². The molecule has 0 unspecified atom stereocenters. The highest BCUT2D eigenvalue weighted by Gasteiger charge is 2.47. The molecular formula is C15H23N3O3. The van der Waals surface area contributed by atoms with Crippen LogP contribution in [0.15, 0.2) is 4.52 Å². The highest BCUT2D eigenvalue weighted by Crippen LogP contribution is 2.40. The Morgan fingerprint density at radius 2 is 2.19 bits per heavy atom. The molecule has 6 nitrogen and oxygen atoms in total. The molecule has 116 valence electrons. The number of aromatic nitrogens is 1. The Morgan fingerprint density at radius 3 is 2.86 bits per heavy atom. The van der Waals surface area contributed by atoms with E-state index in [-0.39, 0.29) is 17.9 Å². The van der Waals surface area contributed by atoms with Crippen molar-refractivity contribution >= 4 is 5.91 Å². The lowest BCUT2D eigenvalue weighted by Gasteiger charge is -2.24. The van der Waals surface area contributed by atoms with Gasteiger partial charge in [0, 0.05) is 37.0 Å². The second-order valence-corrected chi connectivity index (χ2v) is 6.48. The van der Waals surface area contributed by atoms with Crippen molar-refractivity contribution < 1.29 is 14.4 Å². The van der Waals surface area contributed by atoms with Crippen LogP contribution in [0.4, 0.5) is 0 Å². The monoisotopic (exact) mass is 293 g/mol. The fraction of sp³-hybridized carbons (Fsp3) is 0.733. The first-order valence-corrected chi connectivity index (χ1v) is 7.56. The first-order chi connectivity index (χ1) is 10.0. The molecule has 1 atom stereocenters. The molecule has 3 rings (SSSR count). The van der Waals surface area contributed by atoms with Gasteiger partial charge in [-0.2, -0.15) is 0 Å². The van der Waals surface area contributed by atoms with Crippen LogP contribution >= 0.6 is 0 Å². The molecule has 1 aromatic rings. The third-order valence-corrected chi connectivity index (χ3v) is 4.87. The molecule has 3 heterocycles. The van der Waals surface area contributed by atoms with Crippen LogP contribution in [0.3, 0.4) is 0 Å². The first-order valence-electron chi connectivity index (χ1n) is 7.56. The number of hydrogen-bond donors (Lipinski definition) is 1. The smallest absolute Gasteiger partial charge is 0.223 e. The summed E-state index contributed by atoms with van der Waals surface area (Å²) < 4.78 is 5.18. The lowest BCUT2D eigenvalue weighted by Crippen LogP contribution is -2.32. The molecule has 2 aliphatic heterocycles. The summed E-state index contributed by atoms with van der Waals surface area (Å²) >= 11 is 0. The molecule has 0 radical (unpaired) electrons. The van der Waals surface area contributed by atoms with Gasteiger partial charge in [-0.3, -0.25) is 4.79 Å². The average Bonchev–Trinajstić information content (AvgIpc) is 3.06. The van der Waals surface area contributed by atoms with E-state index < -0.39 is 0 Å². The molecule has 0 saturated carbocycles. The Kier molecular flexibility index (Phi) is 3.75. The number of likely N-dealkylation sites (tertiary alicyclic amines) is 2. The minimum absolute atomic E-state index is 0.0746. The van der Waals surface area contributed by atoms with Gasteiger partial charge in [0.15, 0.2) is 0 Å². The average molecular weight is 293 g/mol. The number of aryl methyl sites for hydroxylation is 2. The van der Waals surface area contributed by atoms with Gasteiger partial charge in [-0.05, 0) is 26.8 Å². The van der Waals surface area contributed by atoms with E-state index in [0.717, 1.165) is 43.1 Å². The second-order valence-electron chi connectivity index (χ2n) is 6.48. The molecule has 0 aliphatic carbocycles. The van der Waals surface area contributed by atoms with E-state index in [1.807, 2.05) is 18.7 Å². The molecule has 1 N–H and O–H groups in total. The Labute approximate surface area is 124 Å². The second kappa shape index (κ2) is 5.42. The van der Waals surface area contributed by atoms with Gasteiger partial charge in [0.05, 0.1) is 18.8 Å². The van der Waals surface area contributed by atoms with Crippen molar-refractivity contribution in [1.29, 1.82) is 0 Å². The summed E-state index contributed by atoms with van der Waals surface area (Å²) in [4.78, 5) is 16.6. The topological polar surface area (TPSA) is 69.8 Å². The van der Waals surface area contributed by atoms with Crippen LogP contribution in [0, 0.1) is 19.3 Å². The molecular weight excluding hydrogens is 270 g/mol. The molecule has 6 heteroatoms. The maximum Gasteiger partial charge on any atom is 0.223 e. The van der Waals surface area contributed by atoms with Gasteiger partial charge in [0.1, 0.15) is 5.76 Å². The van der Waals surface area contributed by atoms with Crippen molar-refractivity contribution in [2.45, 2.75) is 33.2 Å². The van der Waals surface area contributed by atoms with E-state index in [1.165, 1.54) is 0 Å². The van der Waals surface area contributed by atoms with E-state index in [0.29, 0.717) is 19.5 Å². The summed E-state index contributed by atoms with van der Waals surface area (Å²) in [5, 5.41) is 13.0. The Morgan fingerprint density at radius 1 is 1.38 bits per heavy atom. The molecule has 2 saturated heterocycles. The number of nitrogens with zero attached hydrogens (tertiary/aromatic N) is 3. The highest BCUT2D eigenvalue weighted by atomic mass is 16.5. The number of aliphatic hydroxyl groups is 1. The van der Waals surface area contributed by atoms with Crippen LogP contribution in [-0.2, 0) is 11.3 Å². The standard InChI is InChI=1S/C15H23N3O3/c1-11-13(12(2)21-16-11)8-18-10-15(7-14(18)20)3-4-17(9-15)5-6-19/h19H,3-10H2,1-2H3/t15-/m0/s1. The Balaban J connectivity index is 1.68. The number of rotatable bonds is 4. The van der Waals surface area contributed by atoms with Crippen molar-refractivity contribution in [3.63, 3.8) is 0 Å². The van der Waals surface area contributed by atoms with Gasteiger partial charge in [-0.25, -0.2) is 0 Å². The number of carbonyl (C=O) groups excluding carboxylic acids is 1. The predicted octanol–water partition coefficient (Wildman–Crippen LogP) is 0.708. The quantitative estimate of drug-likeness (QED) is 0.885. The summed E-state index contributed by atoms with van der Waals surface area (Å²) in [5.41, 5.74) is 1.98.